The van der Waals surface area contributed by atoms with Gasteiger partial charge in [0.1, 0.15) is 17.4 Å². The molecule has 1 fully saturated rings. The average molecular weight is 478 g/mol. The van der Waals surface area contributed by atoms with Crippen molar-refractivity contribution < 1.29 is 22.4 Å². The third kappa shape index (κ3) is 4.36. The molecule has 1 aliphatic rings. The van der Waals surface area contributed by atoms with Gasteiger partial charge < -0.3 is 9.80 Å². The van der Waals surface area contributed by atoms with Crippen molar-refractivity contribution in [2.24, 2.45) is 0 Å². The zero-order valence-electron chi connectivity index (χ0n) is 17.0. The maximum absolute atomic E-state index is 13.9. The van der Waals surface area contributed by atoms with Crippen molar-refractivity contribution >= 4 is 23.2 Å². The molecule has 170 valence electrons. The van der Waals surface area contributed by atoms with Crippen LogP contribution in [-0.4, -0.2) is 46.8 Å². The number of rotatable bonds is 3. The summed E-state index contributed by atoms with van der Waals surface area (Å²) >= 11 is 5.81. The highest BCUT2D eigenvalue weighted by molar-refractivity contribution is 6.30. The Kier molecular flexibility index (Phi) is 5.99. The van der Waals surface area contributed by atoms with Crippen molar-refractivity contribution in [2.45, 2.75) is 6.18 Å². The summed E-state index contributed by atoms with van der Waals surface area (Å²) in [6, 6.07) is 11.7. The first-order valence-corrected chi connectivity index (χ1v) is 10.2. The fourth-order valence-electron chi connectivity index (χ4n) is 3.76. The van der Waals surface area contributed by atoms with Gasteiger partial charge in [0.2, 0.25) is 0 Å². The Hall–Kier alpha value is -3.58. The maximum Gasteiger partial charge on any atom is 0.434 e. The first kappa shape index (κ1) is 22.6. The Morgan fingerprint density at radius 2 is 1.73 bits per heavy atom. The highest BCUT2D eigenvalue weighted by Gasteiger charge is 2.41. The van der Waals surface area contributed by atoms with Gasteiger partial charge in [-0.15, -0.1) is 0 Å². The lowest BCUT2D eigenvalue weighted by Crippen LogP contribution is -2.49. The lowest BCUT2D eigenvalue weighted by atomic mass is 10.1. The Morgan fingerprint density at radius 1 is 1.06 bits per heavy atom. The van der Waals surface area contributed by atoms with E-state index in [0.29, 0.717) is 15.4 Å². The van der Waals surface area contributed by atoms with Crippen LogP contribution in [0.1, 0.15) is 21.6 Å². The topological polar surface area (TPSA) is 65.2 Å². The number of carbonyl (C=O) groups excluding carboxylic acids is 1. The van der Waals surface area contributed by atoms with Crippen LogP contribution in [-0.2, 0) is 6.18 Å². The Morgan fingerprint density at radius 3 is 2.33 bits per heavy atom. The molecule has 0 atom stereocenters. The summed E-state index contributed by atoms with van der Waals surface area (Å²) in [7, 11) is 0. The molecule has 0 saturated carbocycles. The second-order valence-electron chi connectivity index (χ2n) is 7.32. The number of halogens is 5. The molecule has 0 spiro atoms. The fourth-order valence-corrected chi connectivity index (χ4v) is 3.89. The van der Waals surface area contributed by atoms with Crippen LogP contribution in [0.5, 0.6) is 0 Å². The first-order valence-electron chi connectivity index (χ1n) is 9.84. The monoisotopic (exact) mass is 477 g/mol. The number of aromatic nitrogens is 2. The summed E-state index contributed by atoms with van der Waals surface area (Å²) in [5, 5.41) is 13.4. The van der Waals surface area contributed by atoms with E-state index in [4.69, 9.17) is 11.6 Å². The molecule has 3 aromatic rings. The molecule has 4 rings (SSSR count). The van der Waals surface area contributed by atoms with Gasteiger partial charge in [-0.2, -0.15) is 23.5 Å². The van der Waals surface area contributed by atoms with Crippen molar-refractivity contribution in [2.75, 3.05) is 31.1 Å². The lowest BCUT2D eigenvalue weighted by Gasteiger charge is -2.36. The van der Waals surface area contributed by atoms with Crippen molar-refractivity contribution in [3.8, 4) is 11.8 Å². The number of nitriles is 1. The van der Waals surface area contributed by atoms with E-state index in [1.807, 2.05) is 6.07 Å². The Labute approximate surface area is 191 Å². The molecule has 0 bridgehead atoms. The molecular weight excluding hydrogens is 462 g/mol. The molecule has 1 aliphatic heterocycles. The van der Waals surface area contributed by atoms with E-state index in [0.717, 1.165) is 6.20 Å². The molecule has 1 saturated heterocycles. The highest BCUT2D eigenvalue weighted by Crippen LogP contribution is 2.34. The van der Waals surface area contributed by atoms with E-state index in [-0.39, 0.29) is 37.4 Å². The summed E-state index contributed by atoms with van der Waals surface area (Å²) in [5.41, 5.74) is -1.34. The average Bonchev–Trinajstić information content (AvgIpc) is 3.25. The van der Waals surface area contributed by atoms with Gasteiger partial charge in [-0.1, -0.05) is 17.7 Å². The molecule has 1 amide bonds. The maximum atomic E-state index is 13.9. The van der Waals surface area contributed by atoms with E-state index < -0.39 is 29.2 Å². The molecule has 0 aliphatic carbocycles. The van der Waals surface area contributed by atoms with Crippen LogP contribution >= 0.6 is 11.6 Å². The number of nitrogens with zero attached hydrogens (tertiary/aromatic N) is 5. The minimum Gasteiger partial charge on any atom is -0.367 e. The number of alkyl halides is 3. The predicted octanol–water partition coefficient (Wildman–Crippen LogP) is 4.52. The molecule has 0 N–H and O–H groups in total. The number of amides is 1. The number of hydrogen-bond donors (Lipinski definition) is 0. The van der Waals surface area contributed by atoms with Gasteiger partial charge in [-0.05, 0) is 36.4 Å². The normalized spacial score (nSPS) is 14.3. The largest absolute Gasteiger partial charge is 0.434 e. The van der Waals surface area contributed by atoms with Crippen LogP contribution in [0.25, 0.3) is 5.69 Å². The van der Waals surface area contributed by atoms with Crippen molar-refractivity contribution in [3.63, 3.8) is 0 Å². The minimum atomic E-state index is -4.83. The SMILES string of the molecule is N#Cc1c(F)cccc1N1CCN(C(=O)c2cnn(-c3ccc(Cl)cc3)c2C(F)(F)F)CC1. The van der Waals surface area contributed by atoms with E-state index in [2.05, 4.69) is 5.10 Å². The molecule has 0 unspecified atom stereocenters. The zero-order chi connectivity index (χ0) is 23.8. The fraction of sp³-hybridized carbons (Fsp3) is 0.227. The molecule has 33 heavy (non-hydrogen) atoms. The van der Waals surface area contributed by atoms with Gasteiger partial charge in [-0.25, -0.2) is 9.07 Å². The second kappa shape index (κ2) is 8.75. The summed E-state index contributed by atoms with van der Waals surface area (Å²) in [6.07, 6.45) is -3.92. The first-order chi connectivity index (χ1) is 15.7. The molecule has 1 aromatic heterocycles. The number of hydrogen-bond acceptors (Lipinski definition) is 4. The van der Waals surface area contributed by atoms with Crippen LogP contribution in [0.3, 0.4) is 0 Å². The van der Waals surface area contributed by atoms with Gasteiger partial charge >= 0.3 is 6.18 Å². The molecule has 0 radical (unpaired) electrons. The van der Waals surface area contributed by atoms with E-state index >= 15 is 0 Å². The molecule has 6 nitrogen and oxygen atoms in total. The predicted molar refractivity (Wildman–Crippen MR) is 113 cm³/mol. The molecular formula is C22H16ClF4N5O. The number of carbonyl (C=O) groups is 1. The summed E-state index contributed by atoms with van der Waals surface area (Å²) in [6.45, 7) is 0.667. The number of anilines is 1. The second-order valence-corrected chi connectivity index (χ2v) is 7.75. The smallest absolute Gasteiger partial charge is 0.367 e. The van der Waals surface area contributed by atoms with E-state index in [9.17, 15) is 27.6 Å². The van der Waals surface area contributed by atoms with Gasteiger partial charge in [0, 0.05) is 31.2 Å². The molecule has 11 heteroatoms. The summed E-state index contributed by atoms with van der Waals surface area (Å²) in [4.78, 5) is 16.0. The van der Waals surface area contributed by atoms with Gasteiger partial charge in [0.05, 0.1) is 23.1 Å². The van der Waals surface area contributed by atoms with Crippen LogP contribution in [0, 0.1) is 17.1 Å². The van der Waals surface area contributed by atoms with Crippen molar-refractivity contribution in [1.29, 1.82) is 5.26 Å². The van der Waals surface area contributed by atoms with E-state index in [1.54, 1.807) is 11.0 Å². The Balaban J connectivity index is 1.58. The molecule has 2 aromatic carbocycles. The van der Waals surface area contributed by atoms with Crippen molar-refractivity contribution in [3.05, 3.63) is 76.3 Å². The zero-order valence-corrected chi connectivity index (χ0v) is 17.7. The summed E-state index contributed by atoms with van der Waals surface area (Å²) < 4.78 is 56.3. The number of benzene rings is 2. The van der Waals surface area contributed by atoms with Crippen molar-refractivity contribution in [1.82, 2.24) is 14.7 Å². The lowest BCUT2D eigenvalue weighted by molar-refractivity contribution is -0.143. The molecule has 2 heterocycles. The van der Waals surface area contributed by atoms with Gasteiger partial charge in [0.15, 0.2) is 5.69 Å². The quantitative estimate of drug-likeness (QED) is 0.520. The van der Waals surface area contributed by atoms with Crippen LogP contribution in [0.4, 0.5) is 23.2 Å². The summed E-state index contributed by atoms with van der Waals surface area (Å²) in [5.74, 6) is -1.46. The van der Waals surface area contributed by atoms with Crippen LogP contribution < -0.4 is 4.90 Å². The third-order valence-corrected chi connectivity index (χ3v) is 5.60. The highest BCUT2D eigenvalue weighted by atomic mass is 35.5. The Bertz CT molecular complexity index is 1230. The van der Waals surface area contributed by atoms with E-state index in [1.165, 1.54) is 41.3 Å². The van der Waals surface area contributed by atoms with Crippen LogP contribution in [0.15, 0.2) is 48.7 Å². The number of piperazine rings is 1. The third-order valence-electron chi connectivity index (χ3n) is 5.35. The van der Waals surface area contributed by atoms with Crippen LogP contribution in [0.2, 0.25) is 5.02 Å². The standard InChI is InChI=1S/C22H16ClF4N5O/c23-14-4-6-15(7-5-14)32-20(22(25,26)27)17(13-29-32)21(33)31-10-8-30(9-11-31)19-3-1-2-18(24)16(19)12-28/h1-7,13H,8-11H2. The minimum absolute atomic E-state index is 0.101. The van der Waals surface area contributed by atoms with Gasteiger partial charge in [-0.3, -0.25) is 4.79 Å². The van der Waals surface area contributed by atoms with Gasteiger partial charge in [0.25, 0.3) is 5.91 Å².